The van der Waals surface area contributed by atoms with Gasteiger partial charge in [-0.05, 0) is 32.0 Å². The third-order valence-corrected chi connectivity index (χ3v) is 2.75. The topological polar surface area (TPSA) is 82.7 Å². The Morgan fingerprint density at radius 2 is 2.15 bits per heavy atom. The second kappa shape index (κ2) is 6.81. The zero-order valence-corrected chi connectivity index (χ0v) is 11.7. The highest BCUT2D eigenvalue weighted by Gasteiger charge is 2.11. The first-order chi connectivity index (χ1) is 9.70. The fourth-order valence-corrected chi connectivity index (χ4v) is 1.82. The lowest BCUT2D eigenvalue weighted by molar-refractivity contribution is -0.115. The number of carbonyl (C=O) groups excluding carboxylic acids is 1. The van der Waals surface area contributed by atoms with Crippen LogP contribution in [0, 0.1) is 6.92 Å². The molecular weight excluding hydrogens is 254 g/mol. The number of aromatic nitrogens is 3. The first-order valence-corrected chi connectivity index (χ1v) is 6.69. The predicted molar refractivity (Wildman–Crippen MR) is 78.3 cm³/mol. The SMILES string of the molecule is CCCNCC(=O)Nc1ccccc1-c1n[nH]c(C)n1. The summed E-state index contributed by atoms with van der Waals surface area (Å²) in [7, 11) is 0. The van der Waals surface area contributed by atoms with Gasteiger partial charge in [-0.25, -0.2) is 4.98 Å². The number of amides is 1. The van der Waals surface area contributed by atoms with Crippen molar-refractivity contribution in [2.24, 2.45) is 0 Å². The molecule has 0 saturated carbocycles. The van der Waals surface area contributed by atoms with Crippen molar-refractivity contribution in [3.05, 3.63) is 30.1 Å². The number of hydrogen-bond donors (Lipinski definition) is 3. The number of rotatable bonds is 6. The van der Waals surface area contributed by atoms with Crippen molar-refractivity contribution in [3.8, 4) is 11.4 Å². The molecule has 0 aliphatic carbocycles. The summed E-state index contributed by atoms with van der Waals surface area (Å²) in [5.74, 6) is 1.25. The van der Waals surface area contributed by atoms with Gasteiger partial charge in [-0.3, -0.25) is 9.89 Å². The molecule has 0 aliphatic rings. The molecule has 6 nitrogen and oxygen atoms in total. The highest BCUT2D eigenvalue weighted by Crippen LogP contribution is 2.24. The molecule has 1 aromatic carbocycles. The number of nitrogens with one attached hydrogen (secondary N) is 3. The molecule has 0 spiro atoms. The van der Waals surface area contributed by atoms with Crippen molar-refractivity contribution in [3.63, 3.8) is 0 Å². The first-order valence-electron chi connectivity index (χ1n) is 6.69. The molecule has 1 amide bonds. The predicted octanol–water partition coefficient (Wildman–Crippen LogP) is 1.72. The molecule has 1 heterocycles. The van der Waals surface area contributed by atoms with Crippen molar-refractivity contribution in [2.45, 2.75) is 20.3 Å². The molecule has 0 fully saturated rings. The lowest BCUT2D eigenvalue weighted by atomic mass is 10.1. The van der Waals surface area contributed by atoms with Crippen molar-refractivity contribution in [2.75, 3.05) is 18.4 Å². The number of hydrogen-bond acceptors (Lipinski definition) is 4. The van der Waals surface area contributed by atoms with Gasteiger partial charge in [0, 0.05) is 5.56 Å². The quantitative estimate of drug-likeness (QED) is 0.700. The van der Waals surface area contributed by atoms with Crippen LogP contribution in [0.15, 0.2) is 24.3 Å². The second-order valence-corrected chi connectivity index (χ2v) is 4.51. The van der Waals surface area contributed by atoms with E-state index in [2.05, 4.69) is 32.7 Å². The van der Waals surface area contributed by atoms with E-state index in [-0.39, 0.29) is 5.91 Å². The van der Waals surface area contributed by atoms with Crippen LogP contribution in [0.4, 0.5) is 5.69 Å². The molecule has 0 radical (unpaired) electrons. The van der Waals surface area contributed by atoms with Gasteiger partial charge < -0.3 is 10.6 Å². The molecule has 0 saturated heterocycles. The molecular formula is C14H19N5O. The molecule has 106 valence electrons. The Kier molecular flexibility index (Phi) is 4.84. The minimum atomic E-state index is -0.0712. The van der Waals surface area contributed by atoms with Crippen molar-refractivity contribution in [1.29, 1.82) is 0 Å². The molecule has 0 aliphatic heterocycles. The van der Waals surface area contributed by atoms with E-state index >= 15 is 0 Å². The van der Waals surface area contributed by atoms with Crippen LogP contribution in [0.2, 0.25) is 0 Å². The fourth-order valence-electron chi connectivity index (χ4n) is 1.82. The lowest BCUT2D eigenvalue weighted by Gasteiger charge is -2.09. The van der Waals surface area contributed by atoms with Crippen LogP contribution in [0.5, 0.6) is 0 Å². The molecule has 2 rings (SSSR count). The Labute approximate surface area is 118 Å². The van der Waals surface area contributed by atoms with E-state index in [1.807, 2.05) is 31.2 Å². The number of aryl methyl sites for hydroxylation is 1. The lowest BCUT2D eigenvalue weighted by Crippen LogP contribution is -2.28. The molecule has 0 bridgehead atoms. The summed E-state index contributed by atoms with van der Waals surface area (Å²) in [6, 6.07) is 7.50. The van der Waals surface area contributed by atoms with Crippen molar-refractivity contribution >= 4 is 11.6 Å². The Morgan fingerprint density at radius 3 is 2.85 bits per heavy atom. The standard InChI is InChI=1S/C14H19N5O/c1-3-8-15-9-13(20)17-12-7-5-4-6-11(12)14-16-10(2)18-19-14/h4-7,15H,3,8-9H2,1-2H3,(H,17,20)(H,16,18,19). The Hall–Kier alpha value is -2.21. The summed E-state index contributed by atoms with van der Waals surface area (Å²) in [6.07, 6.45) is 1.00. The van der Waals surface area contributed by atoms with Crippen molar-refractivity contribution in [1.82, 2.24) is 20.5 Å². The van der Waals surface area contributed by atoms with Gasteiger partial charge in [-0.1, -0.05) is 19.1 Å². The highest BCUT2D eigenvalue weighted by atomic mass is 16.1. The van der Waals surface area contributed by atoms with Crippen LogP contribution in [0.25, 0.3) is 11.4 Å². The zero-order chi connectivity index (χ0) is 14.4. The minimum absolute atomic E-state index is 0.0712. The van der Waals surface area contributed by atoms with E-state index in [9.17, 15) is 4.79 Å². The number of benzene rings is 1. The fraction of sp³-hybridized carbons (Fsp3) is 0.357. The molecule has 0 unspecified atom stereocenters. The van der Waals surface area contributed by atoms with Crippen LogP contribution >= 0.6 is 0 Å². The molecule has 3 N–H and O–H groups in total. The van der Waals surface area contributed by atoms with E-state index in [4.69, 9.17) is 0 Å². The third-order valence-electron chi connectivity index (χ3n) is 2.75. The average Bonchev–Trinajstić information content (AvgIpc) is 2.86. The zero-order valence-electron chi connectivity index (χ0n) is 11.7. The maximum atomic E-state index is 11.9. The van der Waals surface area contributed by atoms with E-state index in [0.717, 1.165) is 30.0 Å². The van der Waals surface area contributed by atoms with Gasteiger partial charge in [0.1, 0.15) is 5.82 Å². The molecule has 1 aromatic heterocycles. The van der Waals surface area contributed by atoms with Crippen LogP contribution in [0.1, 0.15) is 19.2 Å². The number of aromatic amines is 1. The molecule has 0 atom stereocenters. The highest BCUT2D eigenvalue weighted by molar-refractivity contribution is 5.95. The molecule has 20 heavy (non-hydrogen) atoms. The summed E-state index contributed by atoms with van der Waals surface area (Å²) >= 11 is 0. The number of H-pyrrole nitrogens is 1. The summed E-state index contributed by atoms with van der Waals surface area (Å²) in [5, 5.41) is 12.9. The number of anilines is 1. The van der Waals surface area contributed by atoms with Gasteiger partial charge >= 0.3 is 0 Å². The van der Waals surface area contributed by atoms with Crippen LogP contribution in [0.3, 0.4) is 0 Å². The van der Waals surface area contributed by atoms with Gasteiger partial charge in [0.25, 0.3) is 0 Å². The van der Waals surface area contributed by atoms with Gasteiger partial charge in [0.05, 0.1) is 12.2 Å². The third kappa shape index (κ3) is 3.64. The maximum Gasteiger partial charge on any atom is 0.238 e. The second-order valence-electron chi connectivity index (χ2n) is 4.51. The monoisotopic (exact) mass is 273 g/mol. The van der Waals surface area contributed by atoms with E-state index in [1.54, 1.807) is 0 Å². The Bertz CT molecular complexity index is 578. The van der Waals surface area contributed by atoms with E-state index in [1.165, 1.54) is 0 Å². The van der Waals surface area contributed by atoms with Gasteiger partial charge in [0.2, 0.25) is 5.91 Å². The number of nitrogens with zero attached hydrogens (tertiary/aromatic N) is 2. The molecule has 6 heteroatoms. The normalized spacial score (nSPS) is 10.5. The summed E-state index contributed by atoms with van der Waals surface area (Å²) in [4.78, 5) is 16.1. The van der Waals surface area contributed by atoms with E-state index in [0.29, 0.717) is 12.4 Å². The number of para-hydroxylation sites is 1. The van der Waals surface area contributed by atoms with Gasteiger partial charge in [-0.15, -0.1) is 0 Å². The first kappa shape index (κ1) is 14.2. The smallest absolute Gasteiger partial charge is 0.238 e. The van der Waals surface area contributed by atoms with Gasteiger partial charge in [0.15, 0.2) is 5.82 Å². The number of carbonyl (C=O) groups is 1. The largest absolute Gasteiger partial charge is 0.324 e. The molecule has 2 aromatic rings. The Balaban J connectivity index is 2.10. The van der Waals surface area contributed by atoms with Crippen LogP contribution in [-0.4, -0.2) is 34.2 Å². The van der Waals surface area contributed by atoms with Gasteiger partial charge in [-0.2, -0.15) is 5.10 Å². The summed E-state index contributed by atoms with van der Waals surface area (Å²) in [5.41, 5.74) is 1.52. The van der Waals surface area contributed by atoms with Crippen LogP contribution in [-0.2, 0) is 4.79 Å². The Morgan fingerprint density at radius 1 is 1.35 bits per heavy atom. The summed E-state index contributed by atoms with van der Waals surface area (Å²) < 4.78 is 0. The average molecular weight is 273 g/mol. The van der Waals surface area contributed by atoms with Crippen LogP contribution < -0.4 is 10.6 Å². The van der Waals surface area contributed by atoms with Crippen molar-refractivity contribution < 1.29 is 4.79 Å². The minimum Gasteiger partial charge on any atom is -0.324 e. The summed E-state index contributed by atoms with van der Waals surface area (Å²) in [6.45, 7) is 5.03. The van der Waals surface area contributed by atoms with E-state index < -0.39 is 0 Å². The maximum absolute atomic E-state index is 11.9.